The van der Waals surface area contributed by atoms with E-state index in [2.05, 4.69) is 19.9 Å². The summed E-state index contributed by atoms with van der Waals surface area (Å²) in [6.07, 6.45) is 4.74. The third kappa shape index (κ3) is 4.41. The van der Waals surface area contributed by atoms with Crippen molar-refractivity contribution < 1.29 is 23.4 Å². The van der Waals surface area contributed by atoms with Crippen LogP contribution in [0, 0.1) is 0 Å². The number of nitrogens with zero attached hydrogens (tertiary/aromatic N) is 4. The minimum absolute atomic E-state index is 0.00512. The maximum Gasteiger partial charge on any atom is 0.194 e. The lowest BCUT2D eigenvalue weighted by atomic mass is 10.1. The van der Waals surface area contributed by atoms with Gasteiger partial charge in [0.2, 0.25) is 0 Å². The fourth-order valence-electron chi connectivity index (χ4n) is 3.63. The summed E-state index contributed by atoms with van der Waals surface area (Å²) < 4.78 is 31.7. The molecule has 0 saturated carbocycles. The second-order valence-electron chi connectivity index (χ2n) is 7.77. The quantitative estimate of drug-likeness (QED) is 0.311. The summed E-state index contributed by atoms with van der Waals surface area (Å²) in [5, 5.41) is 20.3. The van der Waals surface area contributed by atoms with Crippen LogP contribution in [0.15, 0.2) is 72.0 Å². The minimum atomic E-state index is -3.33. The van der Waals surface area contributed by atoms with Gasteiger partial charge in [0, 0.05) is 36.2 Å². The number of hydrogen-bond donors (Lipinski definition) is 3. The van der Waals surface area contributed by atoms with Crippen molar-refractivity contribution in [1.82, 2.24) is 24.5 Å². The van der Waals surface area contributed by atoms with Gasteiger partial charge < -0.3 is 19.9 Å². The van der Waals surface area contributed by atoms with Crippen LogP contribution in [0.5, 0.6) is 23.3 Å². The summed E-state index contributed by atoms with van der Waals surface area (Å²) in [5.41, 5.74) is 2.51. The van der Waals surface area contributed by atoms with Gasteiger partial charge in [-0.2, -0.15) is 0 Å². The summed E-state index contributed by atoms with van der Waals surface area (Å²) >= 11 is 0. The van der Waals surface area contributed by atoms with E-state index in [-0.39, 0.29) is 29.0 Å². The van der Waals surface area contributed by atoms with Gasteiger partial charge >= 0.3 is 0 Å². The summed E-state index contributed by atoms with van der Waals surface area (Å²) in [5.74, 6) is 1.17. The molecule has 0 aliphatic rings. The summed E-state index contributed by atoms with van der Waals surface area (Å²) in [7, 11) is -3.33. The molecule has 3 N–H and O–H groups in total. The fraction of sp³-hybridized carbons (Fsp3) is 0.125. The molecule has 0 radical (unpaired) electrons. The van der Waals surface area contributed by atoms with Crippen molar-refractivity contribution in [3.8, 4) is 34.8 Å². The highest BCUT2D eigenvalue weighted by Crippen LogP contribution is 2.33. The Balaban J connectivity index is 1.57. The highest BCUT2D eigenvalue weighted by Gasteiger charge is 2.17. The molecule has 2 aromatic carbocycles. The van der Waals surface area contributed by atoms with Crippen LogP contribution in [0.4, 0.5) is 0 Å². The normalized spacial score (nSPS) is 11.7. The fourth-order valence-corrected chi connectivity index (χ4v) is 4.52. The first-order valence-electron chi connectivity index (χ1n) is 10.7. The van der Waals surface area contributed by atoms with Crippen molar-refractivity contribution in [3.05, 3.63) is 72.7 Å². The van der Waals surface area contributed by atoms with E-state index in [1.807, 2.05) is 6.07 Å². The van der Waals surface area contributed by atoms with E-state index < -0.39 is 9.84 Å². The number of hydrogen-bond acceptors (Lipinski definition) is 8. The molecule has 0 fully saturated rings. The van der Waals surface area contributed by atoms with Crippen LogP contribution in [-0.4, -0.2) is 48.9 Å². The second kappa shape index (κ2) is 8.76. The van der Waals surface area contributed by atoms with Gasteiger partial charge in [0.05, 0.1) is 34.4 Å². The van der Waals surface area contributed by atoms with Gasteiger partial charge in [-0.1, -0.05) is 6.92 Å². The van der Waals surface area contributed by atoms with E-state index in [1.165, 1.54) is 28.8 Å². The van der Waals surface area contributed by atoms with Crippen molar-refractivity contribution >= 4 is 20.9 Å². The molecule has 0 spiro atoms. The predicted molar refractivity (Wildman–Crippen MR) is 128 cm³/mol. The average Bonchev–Trinajstić information content (AvgIpc) is 3.43. The lowest BCUT2D eigenvalue weighted by Crippen LogP contribution is -2.03. The Bertz CT molecular complexity index is 1590. The molecule has 35 heavy (non-hydrogen) atoms. The van der Waals surface area contributed by atoms with E-state index in [9.17, 15) is 18.6 Å². The third-order valence-corrected chi connectivity index (χ3v) is 7.27. The Hall–Kier alpha value is -4.38. The Morgan fingerprint density at radius 2 is 1.77 bits per heavy atom. The van der Waals surface area contributed by atoms with Crippen molar-refractivity contribution in [2.45, 2.75) is 18.4 Å². The SMILES string of the molecule is CCS(=O)(=O)c1ccc(Oc2cc3nc(-c4cnccn4)[nH]c3cc2Cn2c(O)ccc2O)cc1. The largest absolute Gasteiger partial charge is 0.494 e. The number of ether oxygens (including phenoxy) is 1. The van der Waals surface area contributed by atoms with Gasteiger partial charge in [0.15, 0.2) is 27.4 Å². The van der Waals surface area contributed by atoms with Crippen molar-refractivity contribution in [1.29, 1.82) is 0 Å². The van der Waals surface area contributed by atoms with E-state index in [4.69, 9.17) is 4.74 Å². The summed E-state index contributed by atoms with van der Waals surface area (Å²) in [4.78, 5) is 16.4. The molecule has 178 valence electrons. The third-order valence-electron chi connectivity index (χ3n) is 5.52. The highest BCUT2D eigenvalue weighted by atomic mass is 32.2. The van der Waals surface area contributed by atoms with Gasteiger partial charge in [-0.05, 0) is 30.3 Å². The van der Waals surface area contributed by atoms with Crippen LogP contribution in [0.2, 0.25) is 0 Å². The number of H-pyrrole nitrogens is 1. The summed E-state index contributed by atoms with van der Waals surface area (Å²) in [6, 6.07) is 12.5. The van der Waals surface area contributed by atoms with Crippen LogP contribution in [0.1, 0.15) is 12.5 Å². The Labute approximate surface area is 200 Å². The first kappa shape index (κ1) is 22.4. The van der Waals surface area contributed by atoms with Gasteiger partial charge in [-0.25, -0.2) is 18.4 Å². The molecule has 10 nitrogen and oxygen atoms in total. The van der Waals surface area contributed by atoms with Gasteiger partial charge in [-0.15, -0.1) is 0 Å². The zero-order valence-electron chi connectivity index (χ0n) is 18.6. The number of aromatic hydroxyl groups is 2. The maximum atomic E-state index is 12.1. The first-order chi connectivity index (χ1) is 16.8. The number of rotatable bonds is 7. The standard InChI is InChI=1S/C24H21N5O5S/c1-2-35(32,33)17-5-3-16(4-6-17)34-21-12-19-18(27-24(28-19)20-13-25-9-10-26-20)11-15(21)14-29-22(30)7-8-23(29)31/h3-13,30-31H,2,14H2,1H3,(H,27,28). The molecule has 5 rings (SSSR count). The van der Waals surface area contributed by atoms with Gasteiger partial charge in [0.25, 0.3) is 0 Å². The molecule has 3 heterocycles. The van der Waals surface area contributed by atoms with E-state index >= 15 is 0 Å². The molecule has 0 unspecified atom stereocenters. The summed E-state index contributed by atoms with van der Waals surface area (Å²) in [6.45, 7) is 1.70. The second-order valence-corrected chi connectivity index (χ2v) is 10.0. The van der Waals surface area contributed by atoms with Gasteiger partial charge in [0.1, 0.15) is 17.2 Å². The van der Waals surface area contributed by atoms with Crippen molar-refractivity contribution in [2.75, 3.05) is 5.75 Å². The molecule has 5 aromatic rings. The molecule has 0 saturated heterocycles. The Morgan fingerprint density at radius 1 is 1.03 bits per heavy atom. The number of fused-ring (bicyclic) bond motifs is 1. The van der Waals surface area contributed by atoms with Crippen molar-refractivity contribution in [3.63, 3.8) is 0 Å². The maximum absolute atomic E-state index is 12.1. The predicted octanol–water partition coefficient (Wildman–Crippen LogP) is 3.87. The number of nitrogens with one attached hydrogen (secondary N) is 1. The van der Waals surface area contributed by atoms with E-state index in [1.54, 1.807) is 43.7 Å². The number of aromatic nitrogens is 5. The zero-order valence-corrected chi connectivity index (χ0v) is 19.4. The van der Waals surface area contributed by atoms with Crippen LogP contribution < -0.4 is 4.74 Å². The molecule has 0 aliphatic carbocycles. The molecule has 0 amide bonds. The van der Waals surface area contributed by atoms with Crippen molar-refractivity contribution in [2.24, 2.45) is 0 Å². The van der Waals surface area contributed by atoms with Crippen LogP contribution >= 0.6 is 0 Å². The lowest BCUT2D eigenvalue weighted by Gasteiger charge is -2.14. The molecule has 3 aromatic heterocycles. The zero-order chi connectivity index (χ0) is 24.6. The monoisotopic (exact) mass is 491 g/mol. The number of sulfone groups is 1. The highest BCUT2D eigenvalue weighted by molar-refractivity contribution is 7.91. The van der Waals surface area contributed by atoms with Crippen LogP contribution in [0.25, 0.3) is 22.6 Å². The van der Waals surface area contributed by atoms with Crippen LogP contribution in [0.3, 0.4) is 0 Å². The molecule has 0 aliphatic heterocycles. The average molecular weight is 492 g/mol. The molecule has 0 bridgehead atoms. The number of imidazole rings is 1. The molecular weight excluding hydrogens is 470 g/mol. The number of aromatic amines is 1. The number of benzene rings is 2. The Morgan fingerprint density at radius 3 is 2.43 bits per heavy atom. The van der Waals surface area contributed by atoms with Gasteiger partial charge in [-0.3, -0.25) is 9.55 Å². The topological polar surface area (TPSA) is 143 Å². The molecule has 0 atom stereocenters. The Kier molecular flexibility index (Phi) is 5.61. The van der Waals surface area contributed by atoms with E-state index in [0.717, 1.165) is 0 Å². The smallest absolute Gasteiger partial charge is 0.194 e. The molecular formula is C24H21N5O5S. The molecule has 11 heteroatoms. The lowest BCUT2D eigenvalue weighted by molar-refractivity contribution is 0.375. The van der Waals surface area contributed by atoms with E-state index in [0.29, 0.717) is 39.6 Å². The first-order valence-corrected chi connectivity index (χ1v) is 12.4. The minimum Gasteiger partial charge on any atom is -0.494 e. The van der Waals surface area contributed by atoms with Crippen LogP contribution in [-0.2, 0) is 16.4 Å².